The van der Waals surface area contributed by atoms with Crippen molar-refractivity contribution in [3.8, 4) is 17.1 Å². The molecule has 1 aliphatic carbocycles. The minimum atomic E-state index is -0.809. The van der Waals surface area contributed by atoms with Crippen molar-refractivity contribution in [2.75, 3.05) is 14.2 Å². The fourth-order valence-electron chi connectivity index (χ4n) is 4.64. The fourth-order valence-corrected chi connectivity index (χ4v) is 4.64. The number of esters is 1. The van der Waals surface area contributed by atoms with Gasteiger partial charge in [0.25, 0.3) is 5.69 Å². The Hall–Kier alpha value is -4.66. The number of carbonyl (C=O) groups excluding carboxylic acids is 2. The molecule has 0 unspecified atom stereocenters. The van der Waals surface area contributed by atoms with E-state index in [9.17, 15) is 19.7 Å². The zero-order chi connectivity index (χ0) is 24.9. The molecule has 9 heteroatoms. The number of nitrogens with one attached hydrogen (secondary N) is 1. The first-order valence-electron chi connectivity index (χ1n) is 10.7. The van der Waals surface area contributed by atoms with Gasteiger partial charge in [0.2, 0.25) is 0 Å². The van der Waals surface area contributed by atoms with Crippen molar-refractivity contribution in [2.24, 2.45) is 0 Å². The van der Waals surface area contributed by atoms with E-state index < -0.39 is 16.8 Å². The third-order valence-electron chi connectivity index (χ3n) is 6.23. The SMILES string of the molecule is COC(=O)C1=C(C)NC2=C(C(=O)c3ccccc32)[C@H]1c1ccc(-c2ccc([N+](=O)[O-])cc2OC)o1. The maximum atomic E-state index is 13.5. The molecule has 176 valence electrons. The lowest BCUT2D eigenvalue weighted by molar-refractivity contribution is -0.384. The molecule has 2 aromatic carbocycles. The largest absolute Gasteiger partial charge is 0.496 e. The predicted octanol–water partition coefficient (Wildman–Crippen LogP) is 4.60. The van der Waals surface area contributed by atoms with Crippen LogP contribution in [0.15, 0.2) is 75.9 Å². The molecule has 5 rings (SSSR count). The van der Waals surface area contributed by atoms with Gasteiger partial charge in [0.15, 0.2) is 5.78 Å². The molecule has 1 N–H and O–H groups in total. The molecule has 0 fully saturated rings. The molecule has 0 spiro atoms. The number of allylic oxidation sites excluding steroid dienone is 2. The van der Waals surface area contributed by atoms with E-state index in [-0.39, 0.29) is 22.8 Å². The minimum Gasteiger partial charge on any atom is -0.496 e. The maximum Gasteiger partial charge on any atom is 0.336 e. The maximum absolute atomic E-state index is 13.5. The first-order chi connectivity index (χ1) is 16.8. The number of non-ortho nitro benzene ring substituents is 1. The Labute approximate surface area is 199 Å². The number of hydrogen-bond donors (Lipinski definition) is 1. The van der Waals surface area contributed by atoms with Gasteiger partial charge in [0, 0.05) is 28.5 Å². The number of nitro benzene ring substituents is 1. The third-order valence-corrected chi connectivity index (χ3v) is 6.23. The number of Topliss-reactive ketones (excluding diaryl/α,β-unsaturated/α-hetero) is 1. The number of dihydropyridines is 1. The van der Waals surface area contributed by atoms with Gasteiger partial charge < -0.3 is 19.2 Å². The quantitative estimate of drug-likeness (QED) is 0.325. The van der Waals surface area contributed by atoms with E-state index in [1.807, 2.05) is 12.1 Å². The van der Waals surface area contributed by atoms with Crippen LogP contribution in [0.5, 0.6) is 5.75 Å². The van der Waals surface area contributed by atoms with Crippen LogP contribution < -0.4 is 10.1 Å². The van der Waals surface area contributed by atoms with Crippen LogP contribution in [0.2, 0.25) is 0 Å². The molecule has 0 bridgehead atoms. The van der Waals surface area contributed by atoms with Crippen LogP contribution in [-0.2, 0) is 9.53 Å². The van der Waals surface area contributed by atoms with E-state index in [1.54, 1.807) is 31.2 Å². The second-order valence-corrected chi connectivity index (χ2v) is 8.10. The molecule has 35 heavy (non-hydrogen) atoms. The van der Waals surface area contributed by atoms with Crippen molar-refractivity contribution in [3.63, 3.8) is 0 Å². The summed E-state index contributed by atoms with van der Waals surface area (Å²) in [5.74, 6) is -0.604. The number of benzene rings is 2. The number of nitrogens with zero attached hydrogens (tertiary/aromatic N) is 1. The van der Waals surface area contributed by atoms with Crippen LogP contribution in [0, 0.1) is 10.1 Å². The molecule has 0 saturated carbocycles. The van der Waals surface area contributed by atoms with Crippen LogP contribution in [0.1, 0.15) is 34.5 Å². The van der Waals surface area contributed by atoms with Gasteiger partial charge in [-0.2, -0.15) is 0 Å². The highest BCUT2D eigenvalue weighted by molar-refractivity contribution is 6.23. The van der Waals surface area contributed by atoms with Crippen molar-refractivity contribution in [1.82, 2.24) is 5.32 Å². The molecule has 9 nitrogen and oxygen atoms in total. The van der Waals surface area contributed by atoms with Crippen molar-refractivity contribution in [1.29, 1.82) is 0 Å². The zero-order valence-electron chi connectivity index (χ0n) is 19.1. The van der Waals surface area contributed by atoms with Gasteiger partial charge >= 0.3 is 5.97 Å². The number of ketones is 1. The van der Waals surface area contributed by atoms with Crippen molar-refractivity contribution >= 4 is 23.1 Å². The lowest BCUT2D eigenvalue weighted by Crippen LogP contribution is -2.28. The van der Waals surface area contributed by atoms with Gasteiger partial charge in [-0.25, -0.2) is 4.79 Å². The Kier molecular flexibility index (Phi) is 5.24. The van der Waals surface area contributed by atoms with Crippen LogP contribution in [0.3, 0.4) is 0 Å². The van der Waals surface area contributed by atoms with Crippen LogP contribution in [-0.4, -0.2) is 30.9 Å². The monoisotopic (exact) mass is 472 g/mol. The Morgan fingerprint density at radius 2 is 1.80 bits per heavy atom. The normalized spacial score (nSPS) is 16.5. The lowest BCUT2D eigenvalue weighted by Gasteiger charge is -2.27. The Morgan fingerprint density at radius 3 is 2.49 bits per heavy atom. The average molecular weight is 472 g/mol. The van der Waals surface area contributed by atoms with Gasteiger partial charge in [-0.1, -0.05) is 24.3 Å². The number of carbonyl (C=O) groups is 2. The first-order valence-corrected chi connectivity index (χ1v) is 10.7. The summed E-state index contributed by atoms with van der Waals surface area (Å²) in [5.41, 5.74) is 3.52. The summed E-state index contributed by atoms with van der Waals surface area (Å²) >= 11 is 0. The number of fused-ring (bicyclic) bond motifs is 2. The number of methoxy groups -OCH3 is 2. The van der Waals surface area contributed by atoms with E-state index in [1.165, 1.54) is 32.4 Å². The summed E-state index contributed by atoms with van der Waals surface area (Å²) in [5, 5.41) is 14.4. The molecule has 1 aromatic heterocycles. The highest BCUT2D eigenvalue weighted by atomic mass is 16.6. The summed E-state index contributed by atoms with van der Waals surface area (Å²) in [6.07, 6.45) is 0. The average Bonchev–Trinajstić information content (AvgIpc) is 3.46. The third kappa shape index (κ3) is 3.40. The fraction of sp³-hybridized carbons (Fsp3) is 0.154. The highest BCUT2D eigenvalue weighted by Gasteiger charge is 2.44. The van der Waals surface area contributed by atoms with Gasteiger partial charge in [0.05, 0.1) is 48.0 Å². The van der Waals surface area contributed by atoms with Gasteiger partial charge in [-0.05, 0) is 25.1 Å². The Morgan fingerprint density at radius 1 is 1.06 bits per heavy atom. The van der Waals surface area contributed by atoms with Crippen LogP contribution in [0.25, 0.3) is 17.0 Å². The number of furan rings is 1. The van der Waals surface area contributed by atoms with E-state index in [4.69, 9.17) is 13.9 Å². The second kappa shape index (κ2) is 8.28. The molecule has 0 radical (unpaired) electrons. The molecule has 1 aliphatic heterocycles. The Balaban J connectivity index is 1.65. The predicted molar refractivity (Wildman–Crippen MR) is 126 cm³/mol. The van der Waals surface area contributed by atoms with Crippen LogP contribution in [0.4, 0.5) is 5.69 Å². The minimum absolute atomic E-state index is 0.119. The topological polar surface area (TPSA) is 121 Å². The number of nitro groups is 1. The van der Waals surface area contributed by atoms with E-state index in [0.29, 0.717) is 39.6 Å². The molecule has 0 amide bonds. The second-order valence-electron chi connectivity index (χ2n) is 8.10. The smallest absolute Gasteiger partial charge is 0.336 e. The molecule has 1 atom stereocenters. The van der Waals surface area contributed by atoms with E-state index in [2.05, 4.69) is 5.32 Å². The molecule has 3 aromatic rings. The van der Waals surface area contributed by atoms with Crippen LogP contribution >= 0.6 is 0 Å². The zero-order valence-corrected chi connectivity index (χ0v) is 19.1. The summed E-state index contributed by atoms with van der Waals surface area (Å²) in [6, 6.07) is 14.8. The first kappa shape index (κ1) is 22.1. The molecule has 0 saturated heterocycles. The van der Waals surface area contributed by atoms with Gasteiger partial charge in [0.1, 0.15) is 17.3 Å². The summed E-state index contributed by atoms with van der Waals surface area (Å²) in [6.45, 7) is 1.75. The van der Waals surface area contributed by atoms with Crippen molar-refractivity contribution in [3.05, 3.63) is 98.4 Å². The molecule has 2 aliphatic rings. The molecule has 2 heterocycles. The number of hydrogen-bond acceptors (Lipinski definition) is 8. The highest BCUT2D eigenvalue weighted by Crippen LogP contribution is 2.48. The van der Waals surface area contributed by atoms with Crippen molar-refractivity contribution in [2.45, 2.75) is 12.8 Å². The number of rotatable bonds is 5. The standard InChI is InChI=1S/C26H20N2O7/c1-13-21(26(30)34-3)22(23-24(27-13)15-6-4-5-7-16(15)25(23)29)19-11-10-18(35-19)17-9-8-14(28(31)32)12-20(17)33-2/h4-12,22,27H,1-3H3/t22-/m0/s1. The number of ether oxygens (including phenoxy) is 2. The summed E-state index contributed by atoms with van der Waals surface area (Å²) in [4.78, 5) is 36.9. The summed E-state index contributed by atoms with van der Waals surface area (Å²) < 4.78 is 16.6. The Bertz CT molecular complexity index is 1480. The molecular formula is C26H20N2O7. The van der Waals surface area contributed by atoms with Gasteiger partial charge in [-0.15, -0.1) is 0 Å². The summed E-state index contributed by atoms with van der Waals surface area (Å²) in [7, 11) is 2.69. The van der Waals surface area contributed by atoms with E-state index in [0.717, 1.165) is 5.56 Å². The van der Waals surface area contributed by atoms with Gasteiger partial charge in [-0.3, -0.25) is 14.9 Å². The van der Waals surface area contributed by atoms with E-state index >= 15 is 0 Å². The van der Waals surface area contributed by atoms with Crippen molar-refractivity contribution < 1.29 is 28.4 Å². The molecular weight excluding hydrogens is 452 g/mol. The lowest BCUT2D eigenvalue weighted by atomic mass is 9.83.